The van der Waals surface area contributed by atoms with Crippen molar-refractivity contribution in [3.63, 3.8) is 0 Å². The maximum Gasteiger partial charge on any atom is 0.219 e. The Morgan fingerprint density at radius 3 is 2.91 bits per heavy atom. The molecular weight excluding hydrogens is 290 g/mol. The molecule has 1 fully saturated rings. The molecule has 6 heteroatoms. The van der Waals surface area contributed by atoms with E-state index in [-0.39, 0.29) is 5.91 Å². The maximum absolute atomic E-state index is 11.6. The Morgan fingerprint density at radius 2 is 2.13 bits per heavy atom. The molecule has 1 atom stereocenters. The van der Waals surface area contributed by atoms with Gasteiger partial charge < -0.3 is 4.90 Å². The van der Waals surface area contributed by atoms with E-state index in [0.29, 0.717) is 5.92 Å². The smallest absolute Gasteiger partial charge is 0.219 e. The summed E-state index contributed by atoms with van der Waals surface area (Å²) in [5.74, 6) is 0.610. The van der Waals surface area contributed by atoms with E-state index in [0.717, 1.165) is 56.0 Å². The average molecular weight is 313 g/mol. The quantitative estimate of drug-likeness (QED) is 0.867. The molecule has 0 spiro atoms. The lowest BCUT2D eigenvalue weighted by Crippen LogP contribution is -2.39. The Hall–Kier alpha value is -2.24. The molecular formula is C17H23N5O. The minimum atomic E-state index is 0.165. The lowest BCUT2D eigenvalue weighted by molar-refractivity contribution is -0.130. The van der Waals surface area contributed by atoms with Crippen LogP contribution in [-0.4, -0.2) is 43.6 Å². The predicted molar refractivity (Wildman–Crippen MR) is 87.6 cm³/mol. The van der Waals surface area contributed by atoms with Crippen LogP contribution in [0.3, 0.4) is 0 Å². The van der Waals surface area contributed by atoms with Crippen molar-refractivity contribution < 1.29 is 4.79 Å². The van der Waals surface area contributed by atoms with Crippen LogP contribution in [0.15, 0.2) is 24.7 Å². The second-order valence-corrected chi connectivity index (χ2v) is 6.06. The molecule has 1 amide bonds. The van der Waals surface area contributed by atoms with E-state index in [1.165, 1.54) is 0 Å². The first kappa shape index (κ1) is 15.6. The van der Waals surface area contributed by atoms with Gasteiger partial charge in [-0.3, -0.25) is 19.4 Å². The summed E-state index contributed by atoms with van der Waals surface area (Å²) in [4.78, 5) is 22.7. The van der Waals surface area contributed by atoms with E-state index in [4.69, 9.17) is 0 Å². The number of carbonyl (C=O) groups is 1. The topological polar surface area (TPSA) is 63.9 Å². The van der Waals surface area contributed by atoms with Crippen LogP contribution < -0.4 is 0 Å². The van der Waals surface area contributed by atoms with Crippen LogP contribution in [0.2, 0.25) is 0 Å². The van der Waals surface area contributed by atoms with Crippen molar-refractivity contribution in [2.45, 2.75) is 39.7 Å². The van der Waals surface area contributed by atoms with Gasteiger partial charge >= 0.3 is 0 Å². The second kappa shape index (κ2) is 6.89. The summed E-state index contributed by atoms with van der Waals surface area (Å²) in [5, 5.41) is 4.33. The highest BCUT2D eigenvalue weighted by molar-refractivity contribution is 5.73. The molecule has 2 aromatic rings. The summed E-state index contributed by atoms with van der Waals surface area (Å²) >= 11 is 0. The number of amides is 1. The molecule has 2 aromatic heterocycles. The summed E-state index contributed by atoms with van der Waals surface area (Å²) < 4.78 is 1.94. The lowest BCUT2D eigenvalue weighted by Gasteiger charge is -2.32. The van der Waals surface area contributed by atoms with Crippen molar-refractivity contribution in [2.24, 2.45) is 5.92 Å². The molecule has 1 aliphatic rings. The summed E-state index contributed by atoms with van der Waals surface area (Å²) in [6.07, 6.45) is 8.32. The third-order valence-corrected chi connectivity index (χ3v) is 4.48. The first-order chi connectivity index (χ1) is 11.2. The molecule has 0 aliphatic carbocycles. The molecule has 0 N–H and O–H groups in total. The third kappa shape index (κ3) is 3.41. The fourth-order valence-electron chi connectivity index (χ4n) is 3.31. The number of likely N-dealkylation sites (tertiary alicyclic amines) is 1. The molecule has 0 saturated carbocycles. The van der Waals surface area contributed by atoms with Gasteiger partial charge in [-0.25, -0.2) is 0 Å². The van der Waals surface area contributed by atoms with Crippen molar-refractivity contribution in [1.82, 2.24) is 24.6 Å². The minimum absolute atomic E-state index is 0.165. The van der Waals surface area contributed by atoms with Gasteiger partial charge in [0, 0.05) is 45.1 Å². The van der Waals surface area contributed by atoms with Gasteiger partial charge in [0.1, 0.15) is 5.69 Å². The van der Waals surface area contributed by atoms with Gasteiger partial charge in [-0.1, -0.05) is 0 Å². The highest BCUT2D eigenvalue weighted by atomic mass is 16.2. The molecule has 0 aromatic carbocycles. The zero-order valence-corrected chi connectivity index (χ0v) is 13.8. The van der Waals surface area contributed by atoms with E-state index in [9.17, 15) is 4.79 Å². The molecule has 0 bridgehead atoms. The van der Waals surface area contributed by atoms with E-state index >= 15 is 0 Å². The van der Waals surface area contributed by atoms with Gasteiger partial charge in [-0.15, -0.1) is 0 Å². The number of aryl methyl sites for hydroxylation is 1. The maximum atomic E-state index is 11.6. The number of nitrogens with zero attached hydrogens (tertiary/aromatic N) is 5. The Labute approximate surface area is 136 Å². The molecule has 1 aliphatic heterocycles. The van der Waals surface area contributed by atoms with E-state index in [1.807, 2.05) is 15.6 Å². The highest BCUT2D eigenvalue weighted by Gasteiger charge is 2.24. The zero-order valence-electron chi connectivity index (χ0n) is 13.8. The summed E-state index contributed by atoms with van der Waals surface area (Å²) in [6.45, 7) is 6.22. The van der Waals surface area contributed by atoms with Crippen LogP contribution >= 0.6 is 0 Å². The van der Waals surface area contributed by atoms with Crippen molar-refractivity contribution in [2.75, 3.05) is 13.1 Å². The predicted octanol–water partition coefficient (Wildman–Crippen LogP) is 2.16. The Balaban J connectivity index is 1.82. The van der Waals surface area contributed by atoms with Gasteiger partial charge in [-0.2, -0.15) is 5.10 Å². The molecule has 1 saturated heterocycles. The summed E-state index contributed by atoms with van der Waals surface area (Å²) in [7, 11) is 0. The molecule has 3 rings (SSSR count). The van der Waals surface area contributed by atoms with E-state index in [1.54, 1.807) is 25.5 Å². The summed E-state index contributed by atoms with van der Waals surface area (Å²) in [6, 6.07) is 1.99. The number of aromatic nitrogens is 4. The minimum Gasteiger partial charge on any atom is -0.343 e. The van der Waals surface area contributed by atoms with Crippen LogP contribution in [-0.2, 0) is 17.8 Å². The fraction of sp³-hybridized carbons (Fsp3) is 0.529. The molecule has 122 valence electrons. The third-order valence-electron chi connectivity index (χ3n) is 4.48. The first-order valence-electron chi connectivity index (χ1n) is 8.26. The van der Waals surface area contributed by atoms with Crippen molar-refractivity contribution in [1.29, 1.82) is 0 Å². The standard InChI is InChI=1S/C17H23N5O/c1-3-22-16(6-7-20-22)17-15(18-8-9-19-17)11-14-5-4-10-21(12-14)13(2)23/h6-9,14H,3-5,10-12H2,1-2H3/t14-/m0/s1. The molecule has 23 heavy (non-hydrogen) atoms. The van der Waals surface area contributed by atoms with E-state index in [2.05, 4.69) is 22.0 Å². The van der Waals surface area contributed by atoms with Crippen molar-refractivity contribution >= 4 is 5.91 Å². The fourth-order valence-corrected chi connectivity index (χ4v) is 3.31. The van der Waals surface area contributed by atoms with Crippen LogP contribution in [0, 0.1) is 5.92 Å². The molecule has 0 unspecified atom stereocenters. The van der Waals surface area contributed by atoms with Gasteiger partial charge in [0.05, 0.1) is 11.4 Å². The normalized spacial score (nSPS) is 18.2. The van der Waals surface area contributed by atoms with Gasteiger partial charge in [-0.05, 0) is 38.2 Å². The van der Waals surface area contributed by atoms with Crippen molar-refractivity contribution in [3.8, 4) is 11.4 Å². The molecule has 0 radical (unpaired) electrons. The molecule has 6 nitrogen and oxygen atoms in total. The first-order valence-corrected chi connectivity index (χ1v) is 8.26. The van der Waals surface area contributed by atoms with Crippen LogP contribution in [0.25, 0.3) is 11.4 Å². The number of hydrogen-bond acceptors (Lipinski definition) is 4. The number of rotatable bonds is 4. The van der Waals surface area contributed by atoms with Crippen LogP contribution in [0.4, 0.5) is 0 Å². The van der Waals surface area contributed by atoms with Gasteiger partial charge in [0.25, 0.3) is 0 Å². The van der Waals surface area contributed by atoms with Crippen molar-refractivity contribution in [3.05, 3.63) is 30.4 Å². The Bertz CT molecular complexity index is 681. The Morgan fingerprint density at radius 1 is 1.30 bits per heavy atom. The monoisotopic (exact) mass is 313 g/mol. The molecule has 3 heterocycles. The van der Waals surface area contributed by atoms with Crippen LogP contribution in [0.1, 0.15) is 32.4 Å². The largest absolute Gasteiger partial charge is 0.343 e. The SMILES string of the molecule is CCn1nccc1-c1nccnc1C[C@@H]1CCCN(C(C)=O)C1. The van der Waals surface area contributed by atoms with Gasteiger partial charge in [0.2, 0.25) is 5.91 Å². The zero-order chi connectivity index (χ0) is 16.2. The number of piperidine rings is 1. The summed E-state index contributed by atoms with van der Waals surface area (Å²) in [5.41, 5.74) is 2.92. The van der Waals surface area contributed by atoms with Crippen LogP contribution in [0.5, 0.6) is 0 Å². The highest BCUT2D eigenvalue weighted by Crippen LogP contribution is 2.25. The number of carbonyl (C=O) groups excluding carboxylic acids is 1. The lowest BCUT2D eigenvalue weighted by atomic mass is 9.92. The number of hydrogen-bond donors (Lipinski definition) is 0. The second-order valence-electron chi connectivity index (χ2n) is 6.06. The Kier molecular flexibility index (Phi) is 4.69. The average Bonchev–Trinajstić information content (AvgIpc) is 3.04. The van der Waals surface area contributed by atoms with E-state index < -0.39 is 0 Å². The van der Waals surface area contributed by atoms with Gasteiger partial charge in [0.15, 0.2) is 0 Å².